The Hall–Kier alpha value is -3.45. The van der Waals surface area contributed by atoms with E-state index >= 15 is 0 Å². The Morgan fingerprint density at radius 3 is 2.81 bits per heavy atom. The quantitative estimate of drug-likeness (QED) is 0.548. The van der Waals surface area contributed by atoms with Crippen molar-refractivity contribution in [3.05, 3.63) is 76.8 Å². The second kappa shape index (κ2) is 7.62. The predicted octanol–water partition coefficient (Wildman–Crippen LogP) is 2.12. The minimum atomic E-state index is -1.37. The van der Waals surface area contributed by atoms with Crippen LogP contribution in [0.4, 0.5) is 0 Å². The molecule has 2 aromatic heterocycles. The molecule has 0 fully saturated rings. The van der Waals surface area contributed by atoms with E-state index in [1.54, 1.807) is 36.5 Å². The van der Waals surface area contributed by atoms with E-state index in [1.807, 2.05) is 0 Å². The summed E-state index contributed by atoms with van der Waals surface area (Å²) in [5.74, 6) is -0.985. The van der Waals surface area contributed by atoms with Crippen molar-refractivity contribution in [3.63, 3.8) is 0 Å². The van der Waals surface area contributed by atoms with Crippen LogP contribution in [-0.2, 0) is 0 Å². The van der Waals surface area contributed by atoms with Crippen molar-refractivity contribution in [2.45, 2.75) is 0 Å². The lowest BCUT2D eigenvalue weighted by atomic mass is 10.1. The second-order valence-electron chi connectivity index (χ2n) is 5.12. The number of hydrazone groups is 1. The molecule has 0 aliphatic heterocycles. The summed E-state index contributed by atoms with van der Waals surface area (Å²) in [6.45, 7) is 0. The molecule has 3 aromatic rings. The van der Waals surface area contributed by atoms with Crippen molar-refractivity contribution in [2.75, 3.05) is 0 Å². The summed E-state index contributed by atoms with van der Waals surface area (Å²) in [5.41, 5.74) is 3.13. The Labute approximate surface area is 152 Å². The summed E-state index contributed by atoms with van der Waals surface area (Å²) < 4.78 is 5.56. The molecule has 0 aliphatic carbocycles. The normalized spacial score (nSPS) is 10.8. The number of rotatable bonds is 5. The number of nitrogens with one attached hydrogen (secondary N) is 1. The summed E-state index contributed by atoms with van der Waals surface area (Å²) in [7, 11) is 0. The van der Waals surface area contributed by atoms with E-state index in [0.29, 0.717) is 22.6 Å². The highest BCUT2D eigenvalue weighted by molar-refractivity contribution is 6.33. The Kier molecular flexibility index (Phi) is 5.09. The SMILES string of the molecule is O=C(N/N=C\c1ccc(-c2ccc(Cl)c(C(=O)[O-])c2)o1)c1cccnc1. The Bertz CT molecular complexity index is 983. The van der Waals surface area contributed by atoms with Gasteiger partial charge in [-0.05, 0) is 42.5 Å². The molecule has 0 aliphatic rings. The number of nitrogens with zero attached hydrogens (tertiary/aromatic N) is 2. The number of amides is 1. The van der Waals surface area contributed by atoms with Crippen LogP contribution in [-0.4, -0.2) is 23.1 Å². The number of benzene rings is 1. The molecule has 26 heavy (non-hydrogen) atoms. The zero-order chi connectivity index (χ0) is 18.5. The largest absolute Gasteiger partial charge is 0.545 e. The van der Waals surface area contributed by atoms with Crippen LogP contribution in [0.15, 0.2) is 64.4 Å². The summed E-state index contributed by atoms with van der Waals surface area (Å²) in [6, 6.07) is 11.0. The fourth-order valence-electron chi connectivity index (χ4n) is 2.13. The third kappa shape index (κ3) is 3.96. The number of carboxylic acid groups (broad SMARTS) is 1. The molecule has 0 saturated heterocycles. The van der Waals surface area contributed by atoms with Gasteiger partial charge in [0.2, 0.25) is 0 Å². The highest BCUT2D eigenvalue weighted by atomic mass is 35.5. The first-order chi connectivity index (χ1) is 12.5. The van der Waals surface area contributed by atoms with Crippen LogP contribution in [0.5, 0.6) is 0 Å². The number of aromatic carboxylic acids is 1. The third-order valence-electron chi connectivity index (χ3n) is 3.38. The molecule has 1 amide bonds. The van der Waals surface area contributed by atoms with Gasteiger partial charge in [0.25, 0.3) is 5.91 Å². The highest BCUT2D eigenvalue weighted by Crippen LogP contribution is 2.26. The first kappa shape index (κ1) is 17.4. The average Bonchev–Trinajstić information content (AvgIpc) is 3.11. The van der Waals surface area contributed by atoms with Crippen molar-refractivity contribution in [2.24, 2.45) is 5.10 Å². The molecule has 8 heteroatoms. The Morgan fingerprint density at radius 2 is 2.08 bits per heavy atom. The topological polar surface area (TPSA) is 108 Å². The van der Waals surface area contributed by atoms with Crippen LogP contribution < -0.4 is 10.5 Å². The molecule has 1 N–H and O–H groups in total. The number of carbonyl (C=O) groups is 2. The van der Waals surface area contributed by atoms with Crippen LogP contribution in [0.2, 0.25) is 5.02 Å². The predicted molar refractivity (Wildman–Crippen MR) is 92.8 cm³/mol. The van der Waals surface area contributed by atoms with E-state index in [1.165, 1.54) is 24.5 Å². The van der Waals surface area contributed by atoms with Crippen molar-refractivity contribution in [3.8, 4) is 11.3 Å². The second-order valence-corrected chi connectivity index (χ2v) is 5.53. The summed E-state index contributed by atoms with van der Waals surface area (Å²) in [5, 5.41) is 14.9. The van der Waals surface area contributed by atoms with Crippen LogP contribution in [0, 0.1) is 0 Å². The molecule has 0 unspecified atom stereocenters. The lowest BCUT2D eigenvalue weighted by molar-refractivity contribution is -0.255. The van der Waals surface area contributed by atoms with Gasteiger partial charge < -0.3 is 14.3 Å². The molecular weight excluding hydrogens is 358 g/mol. The van der Waals surface area contributed by atoms with Crippen molar-refractivity contribution in [1.82, 2.24) is 10.4 Å². The first-order valence-corrected chi connectivity index (χ1v) is 7.77. The number of hydrogen-bond donors (Lipinski definition) is 1. The Morgan fingerprint density at radius 1 is 1.23 bits per heavy atom. The summed E-state index contributed by atoms with van der Waals surface area (Å²) in [6.07, 6.45) is 4.31. The smallest absolute Gasteiger partial charge is 0.272 e. The van der Waals surface area contributed by atoms with Gasteiger partial charge in [-0.1, -0.05) is 11.6 Å². The maximum absolute atomic E-state index is 11.8. The molecular formula is C18H11ClN3O4-. The molecule has 7 nitrogen and oxygen atoms in total. The Balaban J connectivity index is 1.71. The molecule has 130 valence electrons. The number of carbonyl (C=O) groups excluding carboxylic acids is 2. The van der Waals surface area contributed by atoms with Crippen molar-refractivity contribution >= 4 is 29.7 Å². The number of halogens is 1. The van der Waals surface area contributed by atoms with Gasteiger partial charge in [-0.15, -0.1) is 0 Å². The fourth-order valence-corrected chi connectivity index (χ4v) is 2.32. The third-order valence-corrected chi connectivity index (χ3v) is 3.71. The van der Waals surface area contributed by atoms with Gasteiger partial charge in [-0.3, -0.25) is 9.78 Å². The van der Waals surface area contributed by atoms with E-state index in [9.17, 15) is 14.7 Å². The number of pyridine rings is 1. The lowest BCUT2D eigenvalue weighted by Crippen LogP contribution is -2.22. The van der Waals surface area contributed by atoms with Gasteiger partial charge in [0.15, 0.2) is 0 Å². The zero-order valence-corrected chi connectivity index (χ0v) is 13.9. The van der Waals surface area contributed by atoms with Gasteiger partial charge in [-0.25, -0.2) is 5.43 Å². The molecule has 1 aromatic carbocycles. The van der Waals surface area contributed by atoms with E-state index < -0.39 is 11.9 Å². The lowest BCUT2D eigenvalue weighted by Gasteiger charge is -2.06. The van der Waals surface area contributed by atoms with E-state index in [2.05, 4.69) is 15.5 Å². The van der Waals surface area contributed by atoms with Gasteiger partial charge in [-0.2, -0.15) is 5.10 Å². The van der Waals surface area contributed by atoms with Crippen molar-refractivity contribution < 1.29 is 19.1 Å². The average molecular weight is 369 g/mol. The molecule has 0 saturated carbocycles. The molecule has 0 spiro atoms. The van der Waals surface area contributed by atoms with Gasteiger partial charge in [0.1, 0.15) is 11.5 Å². The summed E-state index contributed by atoms with van der Waals surface area (Å²) >= 11 is 5.82. The van der Waals surface area contributed by atoms with Crippen molar-refractivity contribution in [1.29, 1.82) is 0 Å². The maximum Gasteiger partial charge on any atom is 0.272 e. The fraction of sp³-hybridized carbons (Fsp3) is 0. The summed E-state index contributed by atoms with van der Waals surface area (Å²) in [4.78, 5) is 26.7. The van der Waals surface area contributed by atoms with Crippen LogP contribution in [0.1, 0.15) is 26.5 Å². The monoisotopic (exact) mass is 368 g/mol. The molecule has 3 rings (SSSR count). The molecule has 0 radical (unpaired) electrons. The maximum atomic E-state index is 11.8. The number of hydrogen-bond acceptors (Lipinski definition) is 6. The molecule has 0 atom stereocenters. The van der Waals surface area contributed by atoms with Crippen LogP contribution >= 0.6 is 11.6 Å². The number of furan rings is 1. The van der Waals surface area contributed by atoms with E-state index in [4.69, 9.17) is 16.0 Å². The highest BCUT2D eigenvalue weighted by Gasteiger charge is 2.08. The van der Waals surface area contributed by atoms with Gasteiger partial charge in [0.05, 0.1) is 17.7 Å². The van der Waals surface area contributed by atoms with E-state index in [-0.39, 0.29) is 10.6 Å². The first-order valence-electron chi connectivity index (χ1n) is 7.39. The van der Waals surface area contributed by atoms with Gasteiger partial charge in [0, 0.05) is 28.5 Å². The zero-order valence-electron chi connectivity index (χ0n) is 13.2. The minimum absolute atomic E-state index is 0.0835. The number of carboxylic acids is 1. The van der Waals surface area contributed by atoms with Crippen LogP contribution in [0.3, 0.4) is 0 Å². The van der Waals surface area contributed by atoms with E-state index in [0.717, 1.165) is 0 Å². The standard InChI is InChI=1S/C18H12ClN3O4/c19-15-5-3-11(8-14(15)18(24)25)16-6-4-13(26-16)10-21-22-17(23)12-2-1-7-20-9-12/h1-10H,(H,22,23)(H,24,25)/p-1/b21-10-. The molecule has 0 bridgehead atoms. The molecule has 2 heterocycles. The van der Waals surface area contributed by atoms with Gasteiger partial charge >= 0.3 is 0 Å². The van der Waals surface area contributed by atoms with Crippen LogP contribution in [0.25, 0.3) is 11.3 Å². The minimum Gasteiger partial charge on any atom is -0.545 e. The number of aromatic nitrogens is 1.